The molecule has 9 heteroatoms. The van der Waals surface area contributed by atoms with E-state index in [0.29, 0.717) is 17.0 Å². The molecule has 0 aliphatic carbocycles. The van der Waals surface area contributed by atoms with Crippen molar-refractivity contribution >= 4 is 33.8 Å². The average molecular weight is 363 g/mol. The second-order valence-electron chi connectivity index (χ2n) is 6.14. The minimum atomic E-state index is -0.749. The van der Waals surface area contributed by atoms with Crippen LogP contribution in [-0.4, -0.2) is 32.0 Å². The van der Waals surface area contributed by atoms with E-state index in [1.807, 2.05) is 13.8 Å². The van der Waals surface area contributed by atoms with E-state index in [9.17, 15) is 14.3 Å². The van der Waals surface area contributed by atoms with E-state index in [2.05, 4.69) is 20.3 Å². The first kappa shape index (κ1) is 17.2. The van der Waals surface area contributed by atoms with Crippen molar-refractivity contribution < 1.29 is 14.3 Å². The lowest BCUT2D eigenvalue weighted by molar-refractivity contribution is -0.119. The highest BCUT2D eigenvalue weighted by Crippen LogP contribution is 2.38. The van der Waals surface area contributed by atoms with Gasteiger partial charge in [-0.25, -0.2) is 9.37 Å². The Balaban J connectivity index is 2.13. The Kier molecular flexibility index (Phi) is 4.58. The van der Waals surface area contributed by atoms with Gasteiger partial charge in [-0.15, -0.1) is 11.3 Å². The number of thiazole rings is 1. The number of fused-ring (bicyclic) bond motifs is 1. The van der Waals surface area contributed by atoms with E-state index in [4.69, 9.17) is 5.73 Å². The lowest BCUT2D eigenvalue weighted by Crippen LogP contribution is -2.37. The highest BCUT2D eigenvalue weighted by molar-refractivity contribution is 7.13. The standard InChI is InChI=1S/C16H18FN5O2S/c1-7(2)3-9(14(18)23)21-15-12(17)8-4-20-16(24)11(8)13(22-15)10-5-19-6-25-10/h4-7,9,20-21,24H,3H2,1-2H3,(H2,18,23)/t9-/m1/s1. The van der Waals surface area contributed by atoms with Crippen molar-refractivity contribution in [2.75, 3.05) is 5.32 Å². The number of nitrogens with two attached hydrogens (primary N) is 1. The molecule has 0 unspecified atom stereocenters. The SMILES string of the molecule is CC(C)C[C@@H](Nc1nc(-c2cncs2)c2c(O)[nH]cc2c1F)C(N)=O. The lowest BCUT2D eigenvalue weighted by Gasteiger charge is -2.19. The van der Waals surface area contributed by atoms with Crippen LogP contribution in [0.15, 0.2) is 17.9 Å². The number of carbonyl (C=O) groups is 1. The molecule has 0 saturated carbocycles. The van der Waals surface area contributed by atoms with Gasteiger partial charge in [-0.05, 0) is 12.3 Å². The number of carbonyl (C=O) groups excluding carboxylic acids is 1. The maximum absolute atomic E-state index is 14.8. The molecule has 0 fully saturated rings. The van der Waals surface area contributed by atoms with Crippen LogP contribution in [0, 0.1) is 11.7 Å². The molecule has 0 aliphatic rings. The van der Waals surface area contributed by atoms with Gasteiger partial charge in [-0.1, -0.05) is 13.8 Å². The molecule has 0 aromatic carbocycles. The van der Waals surface area contributed by atoms with Crippen molar-refractivity contribution in [3.8, 4) is 16.5 Å². The zero-order valence-electron chi connectivity index (χ0n) is 13.7. The minimum Gasteiger partial charge on any atom is -0.494 e. The first-order valence-corrected chi connectivity index (χ1v) is 8.60. The Morgan fingerprint density at radius 2 is 2.28 bits per heavy atom. The fourth-order valence-electron chi connectivity index (χ4n) is 2.66. The van der Waals surface area contributed by atoms with Gasteiger partial charge in [0.05, 0.1) is 21.5 Å². The number of rotatable bonds is 6. The smallest absolute Gasteiger partial charge is 0.239 e. The summed E-state index contributed by atoms with van der Waals surface area (Å²) in [6.07, 6.45) is 3.39. The van der Waals surface area contributed by atoms with Crippen molar-refractivity contribution in [2.45, 2.75) is 26.3 Å². The van der Waals surface area contributed by atoms with Gasteiger partial charge in [-0.3, -0.25) is 9.78 Å². The zero-order valence-corrected chi connectivity index (χ0v) is 14.5. The number of halogens is 1. The summed E-state index contributed by atoms with van der Waals surface area (Å²) in [5, 5.41) is 13.3. The van der Waals surface area contributed by atoms with Gasteiger partial charge in [0, 0.05) is 17.8 Å². The van der Waals surface area contributed by atoms with E-state index >= 15 is 0 Å². The molecule has 1 amide bonds. The van der Waals surface area contributed by atoms with Crippen LogP contribution < -0.4 is 11.1 Å². The average Bonchev–Trinajstić information content (AvgIpc) is 3.19. The molecule has 3 aromatic heterocycles. The molecular formula is C16H18FN5O2S. The minimum absolute atomic E-state index is 0.0839. The highest BCUT2D eigenvalue weighted by atomic mass is 32.1. The molecule has 0 radical (unpaired) electrons. The normalized spacial score (nSPS) is 12.6. The summed E-state index contributed by atoms with van der Waals surface area (Å²) in [6.45, 7) is 3.88. The van der Waals surface area contributed by atoms with Gasteiger partial charge < -0.3 is 21.1 Å². The largest absolute Gasteiger partial charge is 0.494 e. The number of aromatic amines is 1. The number of aromatic nitrogens is 3. The molecule has 0 spiro atoms. The third-order valence-corrected chi connectivity index (χ3v) is 4.57. The molecule has 3 aromatic rings. The fraction of sp³-hybridized carbons (Fsp3) is 0.312. The molecule has 25 heavy (non-hydrogen) atoms. The van der Waals surface area contributed by atoms with E-state index < -0.39 is 17.8 Å². The maximum atomic E-state index is 14.8. The molecular weight excluding hydrogens is 345 g/mol. The Labute approximate surface area is 147 Å². The van der Waals surface area contributed by atoms with Crippen molar-refractivity contribution in [1.82, 2.24) is 15.0 Å². The molecule has 3 rings (SSSR count). The number of hydrogen-bond donors (Lipinski definition) is 4. The number of nitrogens with one attached hydrogen (secondary N) is 2. The summed E-state index contributed by atoms with van der Waals surface area (Å²) in [5.74, 6) is -1.31. The van der Waals surface area contributed by atoms with Gasteiger partial charge >= 0.3 is 0 Å². The number of H-pyrrole nitrogens is 1. The van der Waals surface area contributed by atoms with Gasteiger partial charge in [0.2, 0.25) is 5.91 Å². The first-order chi connectivity index (χ1) is 11.9. The number of pyridine rings is 1. The predicted molar refractivity (Wildman–Crippen MR) is 94.9 cm³/mol. The zero-order chi connectivity index (χ0) is 18.1. The van der Waals surface area contributed by atoms with E-state index in [0.717, 1.165) is 0 Å². The number of primary amides is 1. The Hall–Kier alpha value is -2.68. The quantitative estimate of drug-likeness (QED) is 0.537. The van der Waals surface area contributed by atoms with Crippen LogP contribution in [0.4, 0.5) is 10.2 Å². The molecule has 0 bridgehead atoms. The topological polar surface area (TPSA) is 117 Å². The van der Waals surface area contributed by atoms with Crippen LogP contribution in [0.3, 0.4) is 0 Å². The number of anilines is 1. The van der Waals surface area contributed by atoms with Crippen LogP contribution >= 0.6 is 11.3 Å². The maximum Gasteiger partial charge on any atom is 0.239 e. The molecule has 0 aliphatic heterocycles. The monoisotopic (exact) mass is 363 g/mol. The Bertz CT molecular complexity index is 907. The summed E-state index contributed by atoms with van der Waals surface area (Å²) in [7, 11) is 0. The van der Waals surface area contributed by atoms with Crippen molar-refractivity contribution in [3.63, 3.8) is 0 Å². The van der Waals surface area contributed by atoms with E-state index in [1.165, 1.54) is 17.5 Å². The van der Waals surface area contributed by atoms with Crippen molar-refractivity contribution in [1.29, 1.82) is 0 Å². The molecule has 5 N–H and O–H groups in total. The predicted octanol–water partition coefficient (Wildman–Crippen LogP) is 2.84. The summed E-state index contributed by atoms with van der Waals surface area (Å²) in [4.78, 5) is 23.3. The van der Waals surface area contributed by atoms with Gasteiger partial charge in [0.1, 0.15) is 6.04 Å². The number of nitrogens with zero attached hydrogens (tertiary/aromatic N) is 2. The van der Waals surface area contributed by atoms with E-state index in [1.54, 1.807) is 11.7 Å². The van der Waals surface area contributed by atoms with Crippen LogP contribution in [0.5, 0.6) is 5.88 Å². The van der Waals surface area contributed by atoms with Gasteiger partial charge in [-0.2, -0.15) is 0 Å². The molecule has 3 heterocycles. The van der Waals surface area contributed by atoms with Crippen LogP contribution in [0.2, 0.25) is 0 Å². The third-order valence-electron chi connectivity index (χ3n) is 3.79. The fourth-order valence-corrected chi connectivity index (χ4v) is 3.28. The second-order valence-corrected chi connectivity index (χ2v) is 7.03. The van der Waals surface area contributed by atoms with Gasteiger partial charge in [0.15, 0.2) is 17.5 Å². The Morgan fingerprint density at radius 3 is 2.88 bits per heavy atom. The number of aromatic hydroxyl groups is 1. The third kappa shape index (κ3) is 3.27. The first-order valence-electron chi connectivity index (χ1n) is 7.72. The molecule has 7 nitrogen and oxygen atoms in total. The van der Waals surface area contributed by atoms with Crippen molar-refractivity contribution in [3.05, 3.63) is 23.7 Å². The van der Waals surface area contributed by atoms with Crippen LogP contribution in [-0.2, 0) is 4.79 Å². The summed E-state index contributed by atoms with van der Waals surface area (Å²) in [6, 6.07) is -0.749. The molecule has 1 atom stereocenters. The summed E-state index contributed by atoms with van der Waals surface area (Å²) >= 11 is 1.31. The highest BCUT2D eigenvalue weighted by Gasteiger charge is 2.24. The van der Waals surface area contributed by atoms with Crippen LogP contribution in [0.25, 0.3) is 21.3 Å². The van der Waals surface area contributed by atoms with Crippen molar-refractivity contribution in [2.24, 2.45) is 11.7 Å². The second kappa shape index (κ2) is 6.67. The summed E-state index contributed by atoms with van der Waals surface area (Å²) < 4.78 is 14.8. The number of hydrogen-bond acceptors (Lipinski definition) is 6. The Morgan fingerprint density at radius 1 is 1.52 bits per heavy atom. The van der Waals surface area contributed by atoms with Gasteiger partial charge in [0.25, 0.3) is 0 Å². The summed E-state index contributed by atoms with van der Waals surface area (Å²) in [5.41, 5.74) is 7.43. The van der Waals surface area contributed by atoms with Crippen LogP contribution in [0.1, 0.15) is 20.3 Å². The molecule has 0 saturated heterocycles. The van der Waals surface area contributed by atoms with E-state index in [-0.39, 0.29) is 28.4 Å². The number of amides is 1. The lowest BCUT2D eigenvalue weighted by atomic mass is 10.0. The molecule has 132 valence electrons.